The number of carbonyl (C=O) groups is 2. The van der Waals surface area contributed by atoms with Gasteiger partial charge in [0, 0.05) is 17.7 Å². The number of halogens is 1. The van der Waals surface area contributed by atoms with Gasteiger partial charge in [0.25, 0.3) is 0 Å². The minimum absolute atomic E-state index is 0.139. The molecular formula is C16H15ClN2O3S. The molecule has 0 aliphatic carbocycles. The van der Waals surface area contributed by atoms with E-state index < -0.39 is 5.97 Å². The number of nitrogens with zero attached hydrogens (tertiary/aromatic N) is 1. The quantitative estimate of drug-likeness (QED) is 0.489. The number of ether oxygens (including phenoxy) is 1. The van der Waals surface area contributed by atoms with Crippen molar-refractivity contribution in [1.82, 2.24) is 4.98 Å². The molecule has 1 aromatic carbocycles. The Kier molecular flexibility index (Phi) is 6.43. The molecule has 120 valence electrons. The SMILES string of the molecule is CC(=O)Nc1ccc(SCCOC(=O)c2cccc(Cl)c2)nc1. The third-order valence-electron chi connectivity index (χ3n) is 2.68. The third kappa shape index (κ3) is 5.92. The molecule has 0 bridgehead atoms. The van der Waals surface area contributed by atoms with Crippen molar-refractivity contribution < 1.29 is 14.3 Å². The fourth-order valence-corrected chi connectivity index (χ4v) is 2.58. The van der Waals surface area contributed by atoms with Gasteiger partial charge in [-0.3, -0.25) is 4.79 Å². The Hall–Kier alpha value is -2.05. The highest BCUT2D eigenvalue weighted by Gasteiger charge is 2.07. The van der Waals surface area contributed by atoms with Crippen LogP contribution >= 0.6 is 23.4 Å². The zero-order valence-electron chi connectivity index (χ0n) is 12.4. The smallest absolute Gasteiger partial charge is 0.338 e. The Morgan fingerprint density at radius 3 is 2.78 bits per heavy atom. The Bertz CT molecular complexity index is 692. The summed E-state index contributed by atoms with van der Waals surface area (Å²) in [5, 5.41) is 3.93. The molecule has 0 fully saturated rings. The van der Waals surface area contributed by atoms with E-state index in [1.54, 1.807) is 42.6 Å². The molecule has 0 saturated heterocycles. The molecule has 1 heterocycles. The lowest BCUT2D eigenvalue weighted by atomic mass is 10.2. The zero-order valence-corrected chi connectivity index (χ0v) is 14.0. The van der Waals surface area contributed by atoms with Gasteiger partial charge in [0.2, 0.25) is 5.91 Å². The number of hydrogen-bond donors (Lipinski definition) is 1. The van der Waals surface area contributed by atoms with Crippen LogP contribution in [0.15, 0.2) is 47.6 Å². The van der Waals surface area contributed by atoms with Crippen LogP contribution in [0.1, 0.15) is 17.3 Å². The first-order chi connectivity index (χ1) is 11.0. The molecule has 1 aromatic heterocycles. The number of amides is 1. The van der Waals surface area contributed by atoms with E-state index in [9.17, 15) is 9.59 Å². The van der Waals surface area contributed by atoms with Crippen LogP contribution in [0, 0.1) is 0 Å². The number of nitrogens with one attached hydrogen (secondary N) is 1. The van der Waals surface area contributed by atoms with Crippen molar-refractivity contribution in [2.24, 2.45) is 0 Å². The Morgan fingerprint density at radius 1 is 1.30 bits per heavy atom. The molecule has 1 amide bonds. The first-order valence-corrected chi connectivity index (χ1v) is 8.20. The van der Waals surface area contributed by atoms with Crippen molar-refractivity contribution >= 4 is 40.9 Å². The maximum absolute atomic E-state index is 11.8. The number of aromatic nitrogens is 1. The third-order valence-corrected chi connectivity index (χ3v) is 3.83. The van der Waals surface area contributed by atoms with Crippen molar-refractivity contribution in [3.05, 3.63) is 53.2 Å². The lowest BCUT2D eigenvalue weighted by Crippen LogP contribution is -2.08. The maximum Gasteiger partial charge on any atom is 0.338 e. The van der Waals surface area contributed by atoms with E-state index in [0.29, 0.717) is 22.0 Å². The lowest BCUT2D eigenvalue weighted by Gasteiger charge is -2.06. The van der Waals surface area contributed by atoms with Gasteiger partial charge in [-0.25, -0.2) is 9.78 Å². The molecule has 7 heteroatoms. The van der Waals surface area contributed by atoms with Crippen LogP contribution in [0.25, 0.3) is 0 Å². The second-order valence-electron chi connectivity index (χ2n) is 4.56. The molecule has 1 N–H and O–H groups in total. The van der Waals surface area contributed by atoms with Crippen molar-refractivity contribution in [1.29, 1.82) is 0 Å². The first-order valence-electron chi connectivity index (χ1n) is 6.84. The van der Waals surface area contributed by atoms with E-state index in [2.05, 4.69) is 10.3 Å². The standard InChI is InChI=1S/C16H15ClN2O3S/c1-11(20)19-14-5-6-15(18-10-14)23-8-7-22-16(21)12-3-2-4-13(17)9-12/h2-6,9-10H,7-8H2,1H3,(H,19,20). The Morgan fingerprint density at radius 2 is 2.13 bits per heavy atom. The molecule has 23 heavy (non-hydrogen) atoms. The summed E-state index contributed by atoms with van der Waals surface area (Å²) >= 11 is 7.29. The summed E-state index contributed by atoms with van der Waals surface area (Å²) in [6.45, 7) is 1.71. The van der Waals surface area contributed by atoms with Crippen LogP contribution < -0.4 is 5.32 Å². The van der Waals surface area contributed by atoms with Gasteiger partial charge in [-0.1, -0.05) is 17.7 Å². The number of hydrogen-bond acceptors (Lipinski definition) is 5. The Balaban J connectivity index is 1.74. The minimum Gasteiger partial charge on any atom is -0.461 e. The molecule has 0 unspecified atom stereocenters. The van der Waals surface area contributed by atoms with Gasteiger partial charge in [-0.15, -0.1) is 11.8 Å². The van der Waals surface area contributed by atoms with Gasteiger partial charge in [-0.05, 0) is 30.3 Å². The molecule has 0 aliphatic rings. The predicted molar refractivity (Wildman–Crippen MR) is 91.0 cm³/mol. The fourth-order valence-electron chi connectivity index (χ4n) is 1.72. The van der Waals surface area contributed by atoms with Gasteiger partial charge >= 0.3 is 5.97 Å². The van der Waals surface area contributed by atoms with Crippen LogP contribution in [0.5, 0.6) is 0 Å². The summed E-state index contributed by atoms with van der Waals surface area (Å²) in [4.78, 5) is 26.9. The highest BCUT2D eigenvalue weighted by atomic mass is 35.5. The molecule has 2 aromatic rings. The fraction of sp³-hybridized carbons (Fsp3) is 0.188. The summed E-state index contributed by atoms with van der Waals surface area (Å²) < 4.78 is 5.18. The van der Waals surface area contributed by atoms with Crippen molar-refractivity contribution in [2.45, 2.75) is 11.9 Å². The average molecular weight is 351 g/mol. The van der Waals surface area contributed by atoms with Crippen LogP contribution in [0.4, 0.5) is 5.69 Å². The van der Waals surface area contributed by atoms with Crippen molar-refractivity contribution in [3.63, 3.8) is 0 Å². The molecule has 5 nitrogen and oxygen atoms in total. The minimum atomic E-state index is -0.401. The van der Waals surface area contributed by atoms with E-state index in [0.717, 1.165) is 5.03 Å². The zero-order chi connectivity index (χ0) is 16.7. The van der Waals surface area contributed by atoms with E-state index in [1.807, 2.05) is 0 Å². The lowest BCUT2D eigenvalue weighted by molar-refractivity contribution is -0.114. The van der Waals surface area contributed by atoms with Gasteiger partial charge in [0.1, 0.15) is 6.61 Å². The number of benzene rings is 1. The van der Waals surface area contributed by atoms with Gasteiger partial charge in [0.15, 0.2) is 0 Å². The Labute approximate surface area is 143 Å². The summed E-state index contributed by atoms with van der Waals surface area (Å²) in [6, 6.07) is 10.2. The number of carbonyl (C=O) groups excluding carboxylic acids is 2. The maximum atomic E-state index is 11.8. The largest absolute Gasteiger partial charge is 0.461 e. The summed E-state index contributed by atoms with van der Waals surface area (Å²) in [6.07, 6.45) is 1.59. The normalized spacial score (nSPS) is 10.2. The van der Waals surface area contributed by atoms with E-state index in [4.69, 9.17) is 16.3 Å². The predicted octanol–water partition coefficient (Wildman–Crippen LogP) is 3.64. The number of pyridine rings is 1. The van der Waals surface area contributed by atoms with Gasteiger partial charge < -0.3 is 10.1 Å². The molecule has 0 saturated carbocycles. The monoisotopic (exact) mass is 350 g/mol. The summed E-state index contributed by atoms with van der Waals surface area (Å²) in [5.41, 5.74) is 1.08. The van der Waals surface area contributed by atoms with Gasteiger partial charge in [-0.2, -0.15) is 0 Å². The van der Waals surface area contributed by atoms with Crippen LogP contribution in [-0.2, 0) is 9.53 Å². The summed E-state index contributed by atoms with van der Waals surface area (Å²) in [5.74, 6) is 0.0425. The van der Waals surface area contributed by atoms with E-state index in [-0.39, 0.29) is 12.5 Å². The average Bonchev–Trinajstić information content (AvgIpc) is 2.52. The van der Waals surface area contributed by atoms with Crippen molar-refractivity contribution in [3.8, 4) is 0 Å². The van der Waals surface area contributed by atoms with Gasteiger partial charge in [0.05, 0.1) is 22.5 Å². The number of esters is 1. The van der Waals surface area contributed by atoms with Crippen LogP contribution in [0.3, 0.4) is 0 Å². The van der Waals surface area contributed by atoms with E-state index >= 15 is 0 Å². The molecule has 2 rings (SSSR count). The molecule has 0 atom stereocenters. The topological polar surface area (TPSA) is 68.3 Å². The van der Waals surface area contributed by atoms with E-state index in [1.165, 1.54) is 18.7 Å². The van der Waals surface area contributed by atoms with Crippen LogP contribution in [-0.4, -0.2) is 29.2 Å². The molecular weight excluding hydrogens is 336 g/mol. The van der Waals surface area contributed by atoms with Crippen molar-refractivity contribution in [2.75, 3.05) is 17.7 Å². The highest BCUT2D eigenvalue weighted by molar-refractivity contribution is 7.99. The number of anilines is 1. The second kappa shape index (κ2) is 8.55. The highest BCUT2D eigenvalue weighted by Crippen LogP contribution is 2.17. The number of rotatable bonds is 6. The summed E-state index contributed by atoms with van der Waals surface area (Å²) in [7, 11) is 0. The molecule has 0 spiro atoms. The number of thioether (sulfide) groups is 1. The molecule has 0 radical (unpaired) electrons. The van der Waals surface area contributed by atoms with Crippen LogP contribution in [0.2, 0.25) is 5.02 Å². The first kappa shape index (κ1) is 17.3. The second-order valence-corrected chi connectivity index (χ2v) is 6.11. The molecule has 0 aliphatic heterocycles.